The molecule has 0 saturated carbocycles. The lowest BCUT2D eigenvalue weighted by atomic mass is 9.95. The second-order valence-electron chi connectivity index (χ2n) is 4.50. The molecule has 0 aromatic heterocycles. The van der Waals surface area contributed by atoms with Crippen molar-refractivity contribution < 1.29 is 0 Å². The first-order valence-corrected chi connectivity index (χ1v) is 6.20. The van der Waals surface area contributed by atoms with Crippen molar-refractivity contribution in [1.29, 1.82) is 0 Å². The molecule has 2 heteroatoms. The zero-order chi connectivity index (χ0) is 12.7. The van der Waals surface area contributed by atoms with E-state index in [0.717, 1.165) is 16.6 Å². The van der Waals surface area contributed by atoms with Crippen LogP contribution in [0.3, 0.4) is 0 Å². The lowest BCUT2D eigenvalue weighted by Gasteiger charge is -2.10. The number of hydrogen-bond donors (Lipinski definition) is 0. The van der Waals surface area contributed by atoms with Gasteiger partial charge in [0.25, 0.3) is 0 Å². The maximum absolute atomic E-state index is 4.48. The standard InChI is InChI=1S/C17H10N2/c1-2-7-14-12(5-1)13-6-3-4-8-15(13)17-16(14)9-10-18-11-19-17/h1-9,11H. The van der Waals surface area contributed by atoms with E-state index < -0.39 is 0 Å². The van der Waals surface area contributed by atoms with Crippen molar-refractivity contribution in [2.45, 2.75) is 0 Å². The van der Waals surface area contributed by atoms with Crippen molar-refractivity contribution in [1.82, 2.24) is 0 Å². The fourth-order valence-corrected chi connectivity index (χ4v) is 2.66. The van der Waals surface area contributed by atoms with Crippen LogP contribution in [-0.2, 0) is 0 Å². The molecule has 3 aromatic carbocycles. The van der Waals surface area contributed by atoms with Crippen molar-refractivity contribution >= 4 is 45.5 Å². The molecule has 0 atom stereocenters. The van der Waals surface area contributed by atoms with E-state index >= 15 is 0 Å². The summed E-state index contributed by atoms with van der Waals surface area (Å²) in [6, 6.07) is 16.8. The molecule has 0 radical (unpaired) electrons. The molecule has 0 saturated heterocycles. The summed E-state index contributed by atoms with van der Waals surface area (Å²) < 4.78 is 0. The van der Waals surface area contributed by atoms with Gasteiger partial charge in [-0.15, -0.1) is 0 Å². The monoisotopic (exact) mass is 242 g/mol. The van der Waals surface area contributed by atoms with Crippen LogP contribution in [0.4, 0.5) is 5.69 Å². The highest BCUT2D eigenvalue weighted by Crippen LogP contribution is 2.38. The van der Waals surface area contributed by atoms with E-state index in [1.54, 1.807) is 6.34 Å². The smallest absolute Gasteiger partial charge is 0.126 e. The average Bonchev–Trinajstić information content (AvgIpc) is 2.73. The fourth-order valence-electron chi connectivity index (χ4n) is 2.66. The molecular weight excluding hydrogens is 232 g/mol. The summed E-state index contributed by atoms with van der Waals surface area (Å²) in [5.74, 6) is 2.91. The number of aliphatic imine (C=N–C) groups is 2. The SMILES string of the molecule is C1=Cc2c(c3ccccc3c3ccccc23)N=CN=1. The number of rotatable bonds is 0. The summed E-state index contributed by atoms with van der Waals surface area (Å²) in [7, 11) is 0. The van der Waals surface area contributed by atoms with Gasteiger partial charge in [-0.05, 0) is 22.0 Å². The molecule has 0 unspecified atom stereocenters. The van der Waals surface area contributed by atoms with Crippen LogP contribution < -0.4 is 0 Å². The van der Waals surface area contributed by atoms with Gasteiger partial charge in [0.15, 0.2) is 0 Å². The fraction of sp³-hybridized carbons (Fsp3) is 0. The molecule has 0 spiro atoms. The maximum atomic E-state index is 4.48. The Morgan fingerprint density at radius 1 is 0.737 bits per heavy atom. The predicted octanol–water partition coefficient (Wildman–Crippen LogP) is 4.35. The minimum Gasteiger partial charge on any atom is -0.235 e. The van der Waals surface area contributed by atoms with Crippen molar-refractivity contribution in [3.05, 3.63) is 54.1 Å². The zero-order valence-electron chi connectivity index (χ0n) is 10.2. The normalized spacial score (nSPS) is 12.8. The van der Waals surface area contributed by atoms with Gasteiger partial charge >= 0.3 is 0 Å². The highest BCUT2D eigenvalue weighted by molar-refractivity contribution is 6.18. The van der Waals surface area contributed by atoms with E-state index in [-0.39, 0.29) is 0 Å². The van der Waals surface area contributed by atoms with E-state index in [0.29, 0.717) is 0 Å². The topological polar surface area (TPSA) is 24.7 Å². The van der Waals surface area contributed by atoms with Crippen LogP contribution in [0.1, 0.15) is 5.56 Å². The number of nitrogens with zero attached hydrogens (tertiary/aromatic N) is 2. The van der Waals surface area contributed by atoms with Gasteiger partial charge in [0, 0.05) is 17.0 Å². The van der Waals surface area contributed by atoms with Gasteiger partial charge in [-0.3, -0.25) is 0 Å². The van der Waals surface area contributed by atoms with Gasteiger partial charge in [0.05, 0.1) is 5.69 Å². The maximum Gasteiger partial charge on any atom is 0.126 e. The first kappa shape index (κ1) is 10.2. The van der Waals surface area contributed by atoms with Gasteiger partial charge in [-0.25, -0.2) is 4.99 Å². The Kier molecular flexibility index (Phi) is 2.11. The van der Waals surface area contributed by atoms with Gasteiger partial charge in [0.2, 0.25) is 0 Å². The van der Waals surface area contributed by atoms with Gasteiger partial charge in [0.1, 0.15) is 6.34 Å². The van der Waals surface area contributed by atoms with Crippen LogP contribution in [0, 0.1) is 0 Å². The Morgan fingerprint density at radius 3 is 2.16 bits per heavy atom. The Morgan fingerprint density at radius 2 is 1.37 bits per heavy atom. The molecule has 4 rings (SSSR count). The van der Waals surface area contributed by atoms with Crippen molar-refractivity contribution in [2.24, 2.45) is 9.98 Å². The van der Waals surface area contributed by atoms with Gasteiger partial charge in [-0.1, -0.05) is 48.5 Å². The molecule has 0 bridgehead atoms. The summed E-state index contributed by atoms with van der Waals surface area (Å²) in [5, 5.41) is 4.82. The van der Waals surface area contributed by atoms with E-state index in [9.17, 15) is 0 Å². The third-order valence-corrected chi connectivity index (χ3v) is 3.47. The van der Waals surface area contributed by atoms with E-state index in [2.05, 4.69) is 58.3 Å². The molecule has 1 aliphatic rings. The average molecular weight is 242 g/mol. The van der Waals surface area contributed by atoms with E-state index in [1.165, 1.54) is 16.2 Å². The molecule has 19 heavy (non-hydrogen) atoms. The Hall–Kier alpha value is -2.70. The van der Waals surface area contributed by atoms with Crippen LogP contribution in [0.5, 0.6) is 0 Å². The van der Waals surface area contributed by atoms with Crippen molar-refractivity contribution in [2.75, 3.05) is 0 Å². The minimum atomic E-state index is 0.975. The summed E-state index contributed by atoms with van der Waals surface area (Å²) in [6.07, 6.45) is 3.47. The largest absolute Gasteiger partial charge is 0.235 e. The Bertz CT molecular complexity index is 898. The minimum absolute atomic E-state index is 0.975. The Labute approximate surface area is 110 Å². The van der Waals surface area contributed by atoms with Crippen LogP contribution in [0.2, 0.25) is 0 Å². The summed E-state index contributed by atoms with van der Waals surface area (Å²) in [6.45, 7) is 0. The van der Waals surface area contributed by atoms with Crippen LogP contribution >= 0.6 is 0 Å². The van der Waals surface area contributed by atoms with Crippen LogP contribution in [0.25, 0.3) is 27.6 Å². The first-order valence-electron chi connectivity index (χ1n) is 6.20. The van der Waals surface area contributed by atoms with Crippen molar-refractivity contribution in [3.8, 4) is 0 Å². The summed E-state index contributed by atoms with van der Waals surface area (Å²) >= 11 is 0. The third kappa shape index (κ3) is 1.44. The second kappa shape index (κ2) is 3.91. The molecule has 0 fully saturated rings. The third-order valence-electron chi connectivity index (χ3n) is 3.47. The molecule has 2 nitrogen and oxygen atoms in total. The number of benzene rings is 3. The molecule has 0 N–H and O–H groups in total. The Balaban J connectivity index is 2.36. The lowest BCUT2D eigenvalue weighted by Crippen LogP contribution is -1.84. The molecule has 1 heterocycles. The highest BCUT2D eigenvalue weighted by atomic mass is 14.9. The highest BCUT2D eigenvalue weighted by Gasteiger charge is 2.11. The molecule has 88 valence electrons. The molecule has 0 aliphatic carbocycles. The first-order chi connectivity index (χ1) is 9.45. The molecular formula is C17H10N2. The van der Waals surface area contributed by atoms with Gasteiger partial charge in [-0.2, -0.15) is 4.99 Å². The predicted molar refractivity (Wildman–Crippen MR) is 81.5 cm³/mol. The van der Waals surface area contributed by atoms with Crippen molar-refractivity contribution in [3.63, 3.8) is 0 Å². The molecule has 3 aromatic rings. The van der Waals surface area contributed by atoms with E-state index in [4.69, 9.17) is 0 Å². The van der Waals surface area contributed by atoms with E-state index in [1.807, 2.05) is 12.1 Å². The molecule has 1 aliphatic heterocycles. The number of fused-ring (bicyclic) bond motifs is 6. The summed E-state index contributed by atoms with van der Waals surface area (Å²) in [5.41, 5.74) is 2.06. The zero-order valence-corrected chi connectivity index (χ0v) is 10.2. The van der Waals surface area contributed by atoms with Gasteiger partial charge < -0.3 is 0 Å². The molecule has 0 amide bonds. The van der Waals surface area contributed by atoms with Crippen LogP contribution in [-0.4, -0.2) is 12.2 Å². The quantitative estimate of drug-likeness (QED) is 0.524. The van der Waals surface area contributed by atoms with Crippen LogP contribution in [0.15, 0.2) is 58.5 Å². The lowest BCUT2D eigenvalue weighted by molar-refractivity contribution is 1.56. The second-order valence-corrected chi connectivity index (χ2v) is 4.50. The number of hydrogen-bond acceptors (Lipinski definition) is 2. The summed E-state index contributed by atoms with van der Waals surface area (Å²) in [4.78, 5) is 8.48.